The molecule has 1 aromatic rings. The lowest BCUT2D eigenvalue weighted by atomic mass is 10.0. The third-order valence-electron chi connectivity index (χ3n) is 5.21. The molecule has 1 aliphatic carbocycles. The zero-order valence-corrected chi connectivity index (χ0v) is 14.3. The van der Waals surface area contributed by atoms with Crippen LogP contribution in [0.5, 0.6) is 11.5 Å². The minimum Gasteiger partial charge on any atom is -0.454 e. The van der Waals surface area contributed by atoms with Gasteiger partial charge in [-0.25, -0.2) is 0 Å². The van der Waals surface area contributed by atoms with E-state index in [1.807, 2.05) is 23.1 Å². The number of benzene rings is 1. The van der Waals surface area contributed by atoms with Gasteiger partial charge in [-0.1, -0.05) is 6.07 Å². The maximum atomic E-state index is 12.4. The maximum Gasteiger partial charge on any atom is 0.231 e. The monoisotopic (exact) mass is 344 g/mol. The summed E-state index contributed by atoms with van der Waals surface area (Å²) >= 11 is 0. The summed E-state index contributed by atoms with van der Waals surface area (Å²) in [7, 11) is 0. The molecule has 1 N–H and O–H groups in total. The lowest BCUT2D eigenvalue weighted by molar-refractivity contribution is -0.132. The van der Waals surface area contributed by atoms with Gasteiger partial charge in [-0.2, -0.15) is 0 Å². The summed E-state index contributed by atoms with van der Waals surface area (Å²) < 4.78 is 10.7. The highest BCUT2D eigenvalue weighted by Crippen LogP contribution is 2.33. The van der Waals surface area contributed by atoms with Crippen molar-refractivity contribution in [2.45, 2.75) is 44.6 Å². The Hall–Kier alpha value is -2.24. The van der Waals surface area contributed by atoms with E-state index < -0.39 is 0 Å². The highest BCUT2D eigenvalue weighted by Gasteiger charge is 2.32. The van der Waals surface area contributed by atoms with E-state index >= 15 is 0 Å². The van der Waals surface area contributed by atoms with Crippen molar-refractivity contribution in [3.8, 4) is 11.5 Å². The second-order valence-electron chi connectivity index (χ2n) is 7.13. The second kappa shape index (κ2) is 6.94. The molecule has 6 nitrogen and oxygen atoms in total. The number of carbonyl (C=O) groups is 2. The number of likely N-dealkylation sites (tertiary alicyclic amines) is 1. The number of nitrogens with one attached hydrogen (secondary N) is 1. The van der Waals surface area contributed by atoms with E-state index in [0.29, 0.717) is 12.8 Å². The van der Waals surface area contributed by atoms with Gasteiger partial charge in [0.15, 0.2) is 11.5 Å². The van der Waals surface area contributed by atoms with E-state index in [1.54, 1.807) is 0 Å². The Kier molecular flexibility index (Phi) is 4.51. The zero-order chi connectivity index (χ0) is 17.2. The van der Waals surface area contributed by atoms with Crippen molar-refractivity contribution in [1.82, 2.24) is 10.2 Å². The normalized spacial score (nSPS) is 19.8. The molecular weight excluding hydrogens is 320 g/mol. The fourth-order valence-electron chi connectivity index (χ4n) is 3.44. The van der Waals surface area contributed by atoms with Crippen LogP contribution in [0.3, 0.4) is 0 Å². The quantitative estimate of drug-likeness (QED) is 0.885. The molecule has 1 saturated carbocycles. The Labute approximate surface area is 147 Å². The van der Waals surface area contributed by atoms with Crippen LogP contribution in [-0.2, 0) is 16.0 Å². The molecule has 2 heterocycles. The van der Waals surface area contributed by atoms with Crippen LogP contribution < -0.4 is 14.8 Å². The number of hydrogen-bond acceptors (Lipinski definition) is 4. The van der Waals surface area contributed by atoms with Crippen molar-refractivity contribution < 1.29 is 19.1 Å². The summed E-state index contributed by atoms with van der Waals surface area (Å²) in [6, 6.07) is 6.07. The number of rotatable bonds is 5. The molecule has 1 aromatic carbocycles. The van der Waals surface area contributed by atoms with Gasteiger partial charge in [-0.3, -0.25) is 9.59 Å². The molecule has 0 spiro atoms. The number of fused-ring (bicyclic) bond motifs is 1. The molecule has 25 heavy (non-hydrogen) atoms. The molecule has 0 radical (unpaired) electrons. The fourth-order valence-corrected chi connectivity index (χ4v) is 3.44. The number of nitrogens with zero attached hydrogens (tertiary/aromatic N) is 1. The summed E-state index contributed by atoms with van der Waals surface area (Å²) in [4.78, 5) is 26.2. The minimum absolute atomic E-state index is 0.185. The molecule has 2 aliphatic heterocycles. The molecule has 0 unspecified atom stereocenters. The van der Waals surface area contributed by atoms with Gasteiger partial charge >= 0.3 is 0 Å². The first-order valence-corrected chi connectivity index (χ1v) is 9.16. The molecule has 0 bridgehead atoms. The van der Waals surface area contributed by atoms with Crippen molar-refractivity contribution in [2.75, 3.05) is 19.9 Å². The smallest absolute Gasteiger partial charge is 0.231 e. The highest BCUT2D eigenvalue weighted by molar-refractivity contribution is 5.81. The lowest BCUT2D eigenvalue weighted by Crippen LogP contribution is -2.47. The van der Waals surface area contributed by atoms with Crippen molar-refractivity contribution in [1.29, 1.82) is 0 Å². The SMILES string of the molecule is O=C(NC1CCN(C(=O)CCc2ccc3c(c2)OCO3)CC1)C1CC1. The van der Waals surface area contributed by atoms with Gasteiger partial charge in [0.05, 0.1) is 0 Å². The number of ether oxygens (including phenoxy) is 2. The number of aryl methyl sites for hydroxylation is 1. The van der Waals surface area contributed by atoms with Crippen LogP contribution in [0, 0.1) is 5.92 Å². The molecule has 3 aliphatic rings. The van der Waals surface area contributed by atoms with Crippen molar-refractivity contribution in [3.63, 3.8) is 0 Å². The average Bonchev–Trinajstić information content (AvgIpc) is 3.38. The number of hydrogen-bond donors (Lipinski definition) is 1. The van der Waals surface area contributed by atoms with E-state index in [1.165, 1.54) is 0 Å². The molecule has 0 atom stereocenters. The summed E-state index contributed by atoms with van der Waals surface area (Å²) in [5, 5.41) is 3.12. The Morgan fingerprint density at radius 2 is 1.84 bits per heavy atom. The van der Waals surface area contributed by atoms with Crippen molar-refractivity contribution in [2.24, 2.45) is 5.92 Å². The van der Waals surface area contributed by atoms with Gasteiger partial charge in [-0.05, 0) is 49.8 Å². The minimum atomic E-state index is 0.185. The molecule has 6 heteroatoms. The molecule has 0 aromatic heterocycles. The molecule has 2 fully saturated rings. The van der Waals surface area contributed by atoms with E-state index in [9.17, 15) is 9.59 Å². The van der Waals surface area contributed by atoms with Crippen LogP contribution in [0.15, 0.2) is 18.2 Å². The Balaban J connectivity index is 1.21. The fraction of sp³-hybridized carbons (Fsp3) is 0.579. The molecule has 134 valence electrons. The maximum absolute atomic E-state index is 12.4. The first kappa shape index (κ1) is 16.2. The number of piperidine rings is 1. The van der Waals surface area contributed by atoms with Gasteiger partial charge in [0.1, 0.15) is 0 Å². The van der Waals surface area contributed by atoms with Crippen LogP contribution in [0.2, 0.25) is 0 Å². The standard InChI is InChI=1S/C19H24N2O4/c22-18(6-2-13-1-5-16-17(11-13)25-12-24-16)21-9-7-15(8-10-21)20-19(23)14-3-4-14/h1,5,11,14-15H,2-4,6-10,12H2,(H,20,23). The van der Waals surface area contributed by atoms with Crippen LogP contribution in [0.1, 0.15) is 37.7 Å². The third-order valence-corrected chi connectivity index (χ3v) is 5.21. The van der Waals surface area contributed by atoms with E-state index in [2.05, 4.69) is 5.32 Å². The average molecular weight is 344 g/mol. The van der Waals surface area contributed by atoms with Crippen LogP contribution >= 0.6 is 0 Å². The Morgan fingerprint density at radius 1 is 1.08 bits per heavy atom. The predicted molar refractivity (Wildman–Crippen MR) is 91.4 cm³/mol. The summed E-state index contributed by atoms with van der Waals surface area (Å²) in [6.45, 7) is 1.73. The first-order valence-electron chi connectivity index (χ1n) is 9.16. The van der Waals surface area contributed by atoms with Crippen molar-refractivity contribution in [3.05, 3.63) is 23.8 Å². The van der Waals surface area contributed by atoms with Crippen LogP contribution in [-0.4, -0.2) is 42.6 Å². The van der Waals surface area contributed by atoms with Crippen molar-refractivity contribution >= 4 is 11.8 Å². The predicted octanol–water partition coefficient (Wildman–Crippen LogP) is 1.87. The van der Waals surface area contributed by atoms with E-state index in [-0.39, 0.29) is 30.6 Å². The highest BCUT2D eigenvalue weighted by atomic mass is 16.7. The molecular formula is C19H24N2O4. The lowest BCUT2D eigenvalue weighted by Gasteiger charge is -2.32. The van der Waals surface area contributed by atoms with Gasteiger partial charge in [0, 0.05) is 31.5 Å². The zero-order valence-electron chi connectivity index (χ0n) is 14.3. The summed E-state index contributed by atoms with van der Waals surface area (Å²) in [5.41, 5.74) is 1.09. The summed E-state index contributed by atoms with van der Waals surface area (Å²) in [6.07, 6.45) is 4.97. The van der Waals surface area contributed by atoms with Gasteiger partial charge in [-0.15, -0.1) is 0 Å². The summed E-state index contributed by atoms with van der Waals surface area (Å²) in [5.74, 6) is 2.17. The van der Waals surface area contributed by atoms with Gasteiger partial charge < -0.3 is 19.7 Å². The molecule has 2 amide bonds. The van der Waals surface area contributed by atoms with Crippen LogP contribution in [0.4, 0.5) is 0 Å². The van der Waals surface area contributed by atoms with E-state index in [4.69, 9.17) is 9.47 Å². The number of carbonyl (C=O) groups excluding carboxylic acids is 2. The Bertz CT molecular complexity index is 663. The second-order valence-corrected chi connectivity index (χ2v) is 7.13. The largest absolute Gasteiger partial charge is 0.454 e. The molecule has 4 rings (SSSR count). The topological polar surface area (TPSA) is 67.9 Å². The van der Waals surface area contributed by atoms with Gasteiger partial charge in [0.2, 0.25) is 18.6 Å². The number of amides is 2. The van der Waals surface area contributed by atoms with Gasteiger partial charge in [0.25, 0.3) is 0 Å². The first-order chi connectivity index (χ1) is 12.2. The Morgan fingerprint density at radius 3 is 2.60 bits per heavy atom. The van der Waals surface area contributed by atoms with E-state index in [0.717, 1.165) is 55.8 Å². The third kappa shape index (κ3) is 3.89. The molecule has 1 saturated heterocycles. The van der Waals surface area contributed by atoms with Crippen LogP contribution in [0.25, 0.3) is 0 Å².